The second kappa shape index (κ2) is 2.47. The fourth-order valence-electron chi connectivity index (χ4n) is 1.10. The highest BCUT2D eigenvalue weighted by Gasteiger charge is 2.31. The predicted molar refractivity (Wildman–Crippen MR) is 48.0 cm³/mol. The zero-order valence-electron chi connectivity index (χ0n) is 6.51. The van der Waals surface area contributed by atoms with Crippen LogP contribution in [-0.2, 0) is 4.79 Å². The highest BCUT2D eigenvalue weighted by Crippen LogP contribution is 2.09. The second-order valence-electron chi connectivity index (χ2n) is 2.49. The van der Waals surface area contributed by atoms with Crippen LogP contribution in [0.2, 0.25) is 0 Å². The third-order valence-corrected chi connectivity index (χ3v) is 1.63. The van der Waals surface area contributed by atoms with Crippen molar-refractivity contribution in [2.24, 2.45) is 31.4 Å². The number of hydrogen-bond donors (Lipinski definition) is 2. The number of nitrogens with two attached hydrogens (primary N) is 2. The Balaban J connectivity index is 2.47. The van der Waals surface area contributed by atoms with E-state index in [2.05, 4.69) is 20.0 Å². The quantitative estimate of drug-likeness (QED) is 0.485. The summed E-state index contributed by atoms with van der Waals surface area (Å²) in [5.74, 6) is -0.315. The minimum Gasteiger partial charge on any atom is -0.368 e. The van der Waals surface area contributed by atoms with E-state index in [9.17, 15) is 4.79 Å². The molecule has 0 radical (unpaired) electrons. The Hall–Kier alpha value is -2.05. The Labute approximate surface area is 73.0 Å². The average Bonchev–Trinajstić information content (AvgIpc) is 2.49. The topological polar surface area (TPSA) is 119 Å². The Morgan fingerprint density at radius 2 is 2.23 bits per heavy atom. The van der Waals surface area contributed by atoms with Crippen molar-refractivity contribution in [3.05, 3.63) is 0 Å². The van der Waals surface area contributed by atoms with Crippen LogP contribution in [0.4, 0.5) is 0 Å². The van der Waals surface area contributed by atoms with Crippen molar-refractivity contribution in [2.45, 2.75) is 6.04 Å². The van der Waals surface area contributed by atoms with Gasteiger partial charge in [0.1, 0.15) is 12.1 Å². The number of aliphatic imine (C=N–C) groups is 4. The minimum atomic E-state index is -0.658. The van der Waals surface area contributed by atoms with Crippen LogP contribution in [0.5, 0.6) is 0 Å². The average molecular weight is 178 g/mol. The molecular formula is C6H6N6O. The smallest absolute Gasteiger partial charge is 0.265 e. The van der Waals surface area contributed by atoms with E-state index < -0.39 is 11.9 Å². The number of nitrogens with zero attached hydrogens (tertiary/aromatic N) is 4. The number of carbonyl (C=O) groups excluding carboxylic acids is 1. The number of fused-ring (bicyclic) bond motifs is 1. The molecule has 0 aromatic heterocycles. The summed E-state index contributed by atoms with van der Waals surface area (Å²) in [7, 11) is 0. The molecule has 0 saturated heterocycles. The van der Waals surface area contributed by atoms with Gasteiger partial charge in [-0.1, -0.05) is 0 Å². The van der Waals surface area contributed by atoms with Crippen molar-refractivity contribution >= 4 is 29.8 Å². The van der Waals surface area contributed by atoms with E-state index in [4.69, 9.17) is 11.5 Å². The number of guanidine groups is 1. The largest absolute Gasteiger partial charge is 0.368 e. The zero-order valence-corrected chi connectivity index (χ0v) is 6.51. The molecule has 1 amide bonds. The van der Waals surface area contributed by atoms with Crippen molar-refractivity contribution < 1.29 is 4.79 Å². The molecule has 1 atom stereocenters. The molecule has 4 N–H and O–H groups in total. The van der Waals surface area contributed by atoms with Gasteiger partial charge in [-0.3, -0.25) is 9.79 Å². The summed E-state index contributed by atoms with van der Waals surface area (Å²) in [4.78, 5) is 26.1. The highest BCUT2D eigenvalue weighted by molar-refractivity contribution is 6.48. The van der Waals surface area contributed by atoms with E-state index in [-0.39, 0.29) is 11.7 Å². The molecule has 0 aromatic rings. The van der Waals surface area contributed by atoms with Gasteiger partial charge in [0.2, 0.25) is 5.96 Å². The molecule has 0 fully saturated rings. The summed E-state index contributed by atoms with van der Waals surface area (Å²) in [6.45, 7) is 0. The number of carbonyl (C=O) groups is 1. The lowest BCUT2D eigenvalue weighted by Crippen LogP contribution is -2.41. The van der Waals surface area contributed by atoms with Crippen LogP contribution < -0.4 is 11.5 Å². The van der Waals surface area contributed by atoms with Crippen molar-refractivity contribution in [3.8, 4) is 0 Å². The molecule has 2 heterocycles. The predicted octanol–water partition coefficient (Wildman–Crippen LogP) is -1.95. The summed E-state index contributed by atoms with van der Waals surface area (Å²) in [5, 5.41) is 0. The Bertz CT molecular complexity index is 390. The highest BCUT2D eigenvalue weighted by atomic mass is 16.1. The first-order chi connectivity index (χ1) is 6.18. The van der Waals surface area contributed by atoms with Gasteiger partial charge in [0.25, 0.3) is 5.91 Å². The Kier molecular flexibility index (Phi) is 1.44. The van der Waals surface area contributed by atoms with Gasteiger partial charge >= 0.3 is 0 Å². The third-order valence-electron chi connectivity index (χ3n) is 1.63. The monoisotopic (exact) mass is 178 g/mol. The molecule has 2 rings (SSSR count). The van der Waals surface area contributed by atoms with Crippen molar-refractivity contribution in [1.82, 2.24) is 0 Å². The lowest BCUT2D eigenvalue weighted by atomic mass is 10.1. The zero-order chi connectivity index (χ0) is 9.42. The molecule has 2 aliphatic heterocycles. The molecule has 0 aliphatic carbocycles. The van der Waals surface area contributed by atoms with E-state index in [1.807, 2.05) is 0 Å². The third kappa shape index (κ3) is 1.10. The van der Waals surface area contributed by atoms with Crippen LogP contribution in [-0.4, -0.2) is 35.8 Å². The van der Waals surface area contributed by atoms with Gasteiger partial charge in [0.05, 0.1) is 0 Å². The molecule has 7 nitrogen and oxygen atoms in total. The number of rotatable bonds is 1. The molecule has 0 spiro atoms. The van der Waals surface area contributed by atoms with Crippen LogP contribution >= 0.6 is 0 Å². The molecule has 7 heteroatoms. The number of amides is 1. The first-order valence-corrected chi connectivity index (χ1v) is 3.50. The molecule has 2 aliphatic rings. The Morgan fingerprint density at radius 3 is 2.92 bits per heavy atom. The number of primary amides is 1. The van der Waals surface area contributed by atoms with E-state index in [1.165, 1.54) is 6.34 Å². The first-order valence-electron chi connectivity index (χ1n) is 3.50. The summed E-state index contributed by atoms with van der Waals surface area (Å²) in [6.07, 6.45) is 1.31. The van der Waals surface area contributed by atoms with Crippen molar-refractivity contribution in [2.75, 3.05) is 0 Å². The summed E-state index contributed by atoms with van der Waals surface area (Å²) in [5.41, 5.74) is 10.5. The molecular weight excluding hydrogens is 172 g/mol. The maximum absolute atomic E-state index is 10.9. The van der Waals surface area contributed by atoms with Crippen LogP contribution in [0.15, 0.2) is 20.0 Å². The van der Waals surface area contributed by atoms with Crippen LogP contribution in [0.25, 0.3) is 0 Å². The molecule has 0 saturated carbocycles. The SMILES string of the molecule is NC(=O)C1=NC(N)=NC2=NC=N[C@@H]21. The molecule has 66 valence electrons. The van der Waals surface area contributed by atoms with Gasteiger partial charge < -0.3 is 11.5 Å². The minimum absolute atomic E-state index is 0.0192. The van der Waals surface area contributed by atoms with Crippen LogP contribution in [0, 0.1) is 0 Å². The van der Waals surface area contributed by atoms with Gasteiger partial charge in [0.15, 0.2) is 11.9 Å². The van der Waals surface area contributed by atoms with Gasteiger partial charge in [-0.25, -0.2) is 9.98 Å². The van der Waals surface area contributed by atoms with Crippen LogP contribution in [0.1, 0.15) is 0 Å². The van der Waals surface area contributed by atoms with E-state index in [0.29, 0.717) is 5.84 Å². The summed E-state index contributed by atoms with van der Waals surface area (Å²) >= 11 is 0. The van der Waals surface area contributed by atoms with E-state index in [1.54, 1.807) is 0 Å². The molecule has 0 unspecified atom stereocenters. The summed E-state index contributed by atoms with van der Waals surface area (Å²) < 4.78 is 0. The normalized spacial score (nSPS) is 24.6. The Morgan fingerprint density at radius 1 is 1.46 bits per heavy atom. The standard InChI is InChI=1S/C6H6N6O/c7-4(13)2-3-5(10-1-9-3)12-6(8)11-2/h1,3H,(H2,7,13)(H2,8,9,10,12)/t3-/m1/s1. The van der Waals surface area contributed by atoms with Gasteiger partial charge in [-0.15, -0.1) is 0 Å². The van der Waals surface area contributed by atoms with Gasteiger partial charge in [-0.05, 0) is 0 Å². The maximum Gasteiger partial charge on any atom is 0.265 e. The second-order valence-corrected chi connectivity index (χ2v) is 2.49. The summed E-state index contributed by atoms with van der Waals surface area (Å²) in [6, 6.07) is -0.565. The fourth-order valence-corrected chi connectivity index (χ4v) is 1.10. The molecule has 13 heavy (non-hydrogen) atoms. The van der Waals surface area contributed by atoms with E-state index >= 15 is 0 Å². The molecule has 0 bridgehead atoms. The van der Waals surface area contributed by atoms with Gasteiger partial charge in [0, 0.05) is 0 Å². The lowest BCUT2D eigenvalue weighted by Gasteiger charge is -2.12. The lowest BCUT2D eigenvalue weighted by molar-refractivity contribution is -0.112. The van der Waals surface area contributed by atoms with E-state index in [0.717, 1.165) is 0 Å². The molecule has 0 aromatic carbocycles. The fraction of sp³-hybridized carbons (Fsp3) is 0.167. The number of hydrogen-bond acceptors (Lipinski definition) is 6. The maximum atomic E-state index is 10.9. The van der Waals surface area contributed by atoms with Crippen molar-refractivity contribution in [3.63, 3.8) is 0 Å². The van der Waals surface area contributed by atoms with Crippen LogP contribution in [0.3, 0.4) is 0 Å². The van der Waals surface area contributed by atoms with Crippen molar-refractivity contribution in [1.29, 1.82) is 0 Å². The first kappa shape index (κ1) is 7.59. The number of amidine groups is 1. The van der Waals surface area contributed by atoms with Gasteiger partial charge in [-0.2, -0.15) is 4.99 Å².